The zero-order chi connectivity index (χ0) is 25.6. The van der Waals surface area contributed by atoms with Crippen LogP contribution < -0.4 is 21.1 Å². The number of nitrogens with one attached hydrogen (secondary N) is 2. The van der Waals surface area contributed by atoms with E-state index in [0.717, 1.165) is 12.1 Å². The summed E-state index contributed by atoms with van der Waals surface area (Å²) in [5.74, 6) is -4.74. The topological polar surface area (TPSA) is 123 Å². The molecule has 0 spiro atoms. The highest BCUT2D eigenvalue weighted by molar-refractivity contribution is 5.84. The van der Waals surface area contributed by atoms with Crippen LogP contribution in [0, 0.1) is 5.92 Å². The molecular weight excluding hydrogens is 483 g/mol. The molecule has 0 aromatic heterocycles. The summed E-state index contributed by atoms with van der Waals surface area (Å²) < 4.78 is 72.4. The second kappa shape index (κ2) is 8.41. The second-order valence-electron chi connectivity index (χ2n) is 9.31. The molecule has 0 heterocycles. The first-order valence-electron chi connectivity index (χ1n) is 10.7. The van der Waals surface area contributed by atoms with E-state index in [4.69, 9.17) is 10.5 Å². The van der Waals surface area contributed by atoms with Crippen LogP contribution >= 0.6 is 0 Å². The van der Waals surface area contributed by atoms with E-state index in [1.807, 2.05) is 0 Å². The van der Waals surface area contributed by atoms with Gasteiger partial charge in [-0.3, -0.25) is 4.79 Å². The Labute approximate surface area is 196 Å². The van der Waals surface area contributed by atoms with Gasteiger partial charge in [-0.05, 0) is 37.0 Å². The van der Waals surface area contributed by atoms with Gasteiger partial charge in [-0.15, -0.1) is 13.2 Å². The number of primary amides is 1. The molecule has 4 aliphatic carbocycles. The number of urea groups is 1. The van der Waals surface area contributed by atoms with Gasteiger partial charge in [-0.2, -0.15) is 0 Å². The Balaban J connectivity index is 1.38. The van der Waals surface area contributed by atoms with E-state index < -0.39 is 59.6 Å². The van der Waals surface area contributed by atoms with Crippen LogP contribution in [0.2, 0.25) is 0 Å². The van der Waals surface area contributed by atoms with Gasteiger partial charge in [0.15, 0.2) is 0 Å². The molecule has 4 fully saturated rings. The highest BCUT2D eigenvalue weighted by Gasteiger charge is 2.72. The van der Waals surface area contributed by atoms with Crippen molar-refractivity contribution in [2.24, 2.45) is 11.7 Å². The van der Waals surface area contributed by atoms with E-state index in [2.05, 4.69) is 15.4 Å². The molecule has 4 saturated carbocycles. The summed E-state index contributed by atoms with van der Waals surface area (Å²) in [5.41, 5.74) is 4.02. The highest BCUT2D eigenvalue weighted by Crippen LogP contribution is 2.64. The fraction of sp³-hybridized carbons (Fsp3) is 0.571. The fourth-order valence-corrected chi connectivity index (χ4v) is 4.83. The van der Waals surface area contributed by atoms with Crippen molar-refractivity contribution in [3.8, 4) is 5.75 Å². The maximum Gasteiger partial charge on any atom is 0.573 e. The molecule has 0 aliphatic heterocycles. The first kappa shape index (κ1) is 24.8. The molecule has 0 saturated heterocycles. The molecule has 1 aromatic rings. The number of alkyl halides is 5. The maximum atomic E-state index is 12.9. The van der Waals surface area contributed by atoms with Crippen molar-refractivity contribution < 1.29 is 45.8 Å². The summed E-state index contributed by atoms with van der Waals surface area (Å²) in [6.45, 7) is -0.890. The molecule has 4 aliphatic rings. The van der Waals surface area contributed by atoms with E-state index in [1.54, 1.807) is 0 Å². The number of ether oxygens (including phenoxy) is 2. The molecule has 14 heteroatoms. The summed E-state index contributed by atoms with van der Waals surface area (Å²) in [7, 11) is 0. The molecule has 192 valence electrons. The van der Waals surface area contributed by atoms with Crippen molar-refractivity contribution >= 4 is 18.0 Å². The Bertz CT molecular complexity index is 1010. The van der Waals surface area contributed by atoms with E-state index in [0.29, 0.717) is 24.8 Å². The van der Waals surface area contributed by atoms with E-state index in [-0.39, 0.29) is 19.6 Å². The minimum absolute atomic E-state index is 0.0778. The third-order valence-corrected chi connectivity index (χ3v) is 6.50. The van der Waals surface area contributed by atoms with Gasteiger partial charge in [0, 0.05) is 13.0 Å². The number of carbonyl (C=O) groups excluding carboxylic acids is 3. The number of halogens is 5. The number of alkyl carbamates (subject to hydrolysis) is 1. The minimum atomic E-state index is -4.88. The minimum Gasteiger partial charge on any atom is -0.449 e. The number of benzene rings is 1. The molecule has 4 amide bonds. The Morgan fingerprint density at radius 1 is 1.17 bits per heavy atom. The van der Waals surface area contributed by atoms with Gasteiger partial charge in [0.25, 0.3) is 5.92 Å². The van der Waals surface area contributed by atoms with Crippen LogP contribution in [0.15, 0.2) is 24.3 Å². The van der Waals surface area contributed by atoms with Gasteiger partial charge in [0.05, 0.1) is 23.5 Å². The van der Waals surface area contributed by atoms with Gasteiger partial charge >= 0.3 is 18.5 Å². The van der Waals surface area contributed by atoms with Gasteiger partial charge < -0.3 is 30.7 Å². The van der Waals surface area contributed by atoms with Crippen LogP contribution in [-0.2, 0) is 16.1 Å². The lowest BCUT2D eigenvalue weighted by Gasteiger charge is -2.73. The Morgan fingerprint density at radius 3 is 2.40 bits per heavy atom. The SMILES string of the molecule is NC(=O)NCC(=O)N(Cc1cccc(OC(F)(F)F)c1)C12CC(NC(=O)OCC3CC3(F)F)(C1)C2. The van der Waals surface area contributed by atoms with Crippen molar-refractivity contribution in [1.29, 1.82) is 0 Å². The van der Waals surface area contributed by atoms with Crippen LogP contribution in [0.3, 0.4) is 0 Å². The Kier molecular flexibility index (Phi) is 5.96. The first-order valence-corrected chi connectivity index (χ1v) is 10.7. The average molecular weight is 506 g/mol. The van der Waals surface area contributed by atoms with Crippen LogP contribution in [0.1, 0.15) is 31.2 Å². The fourth-order valence-electron chi connectivity index (χ4n) is 4.83. The third-order valence-electron chi connectivity index (χ3n) is 6.50. The quantitative estimate of drug-likeness (QED) is 0.445. The number of amides is 4. The molecule has 9 nitrogen and oxygen atoms in total. The molecule has 35 heavy (non-hydrogen) atoms. The standard InChI is InChI=1S/C21H23F5N4O5/c22-20(23)5-13(20)8-34-17(33)29-18-9-19(10-18,11-18)30(15(31)6-28-16(27)32)7-12-2-1-3-14(4-12)35-21(24,25)26/h1-4,13H,5-11H2,(H,29,33)(H3,27,28,32). The summed E-state index contributed by atoms with van der Waals surface area (Å²) in [4.78, 5) is 37.4. The van der Waals surface area contributed by atoms with E-state index >= 15 is 0 Å². The van der Waals surface area contributed by atoms with Gasteiger partial charge in [0.1, 0.15) is 12.4 Å². The third kappa shape index (κ3) is 5.51. The number of nitrogens with two attached hydrogens (primary N) is 1. The predicted octanol–water partition coefficient (Wildman–Crippen LogP) is 2.64. The first-order chi connectivity index (χ1) is 16.2. The molecule has 1 unspecified atom stereocenters. The van der Waals surface area contributed by atoms with Gasteiger partial charge in [0.2, 0.25) is 5.91 Å². The smallest absolute Gasteiger partial charge is 0.449 e. The molecular formula is C21H23F5N4O5. The normalized spacial score (nSPS) is 27.5. The Morgan fingerprint density at radius 2 is 1.83 bits per heavy atom. The zero-order valence-electron chi connectivity index (χ0n) is 18.3. The van der Waals surface area contributed by atoms with Crippen LogP contribution in [-0.4, -0.2) is 59.4 Å². The number of rotatable bonds is 9. The summed E-state index contributed by atoms with van der Waals surface area (Å²) in [6, 6.07) is 4.24. The highest BCUT2D eigenvalue weighted by atomic mass is 19.4. The summed E-state index contributed by atoms with van der Waals surface area (Å²) in [5, 5.41) is 4.85. The average Bonchev–Trinajstić information content (AvgIpc) is 3.30. The summed E-state index contributed by atoms with van der Waals surface area (Å²) in [6.07, 6.45) is -5.04. The predicted molar refractivity (Wildman–Crippen MR) is 108 cm³/mol. The van der Waals surface area contributed by atoms with Crippen molar-refractivity contribution in [1.82, 2.24) is 15.5 Å². The largest absolute Gasteiger partial charge is 0.573 e. The lowest BCUT2D eigenvalue weighted by molar-refractivity contribution is -0.274. The molecule has 2 bridgehead atoms. The molecule has 0 radical (unpaired) electrons. The van der Waals surface area contributed by atoms with E-state index in [1.165, 1.54) is 17.0 Å². The number of nitrogens with zero attached hydrogens (tertiary/aromatic N) is 1. The van der Waals surface area contributed by atoms with Gasteiger partial charge in [-0.1, -0.05) is 12.1 Å². The number of hydrogen-bond acceptors (Lipinski definition) is 5. The Hall–Kier alpha value is -3.32. The molecule has 5 rings (SSSR count). The van der Waals surface area contributed by atoms with Crippen molar-refractivity contribution in [3.05, 3.63) is 29.8 Å². The van der Waals surface area contributed by atoms with Crippen molar-refractivity contribution in [2.75, 3.05) is 13.2 Å². The van der Waals surface area contributed by atoms with Crippen molar-refractivity contribution in [2.45, 2.75) is 55.6 Å². The monoisotopic (exact) mass is 506 g/mol. The molecule has 1 atom stereocenters. The molecule has 4 N–H and O–H groups in total. The van der Waals surface area contributed by atoms with Crippen LogP contribution in [0.25, 0.3) is 0 Å². The van der Waals surface area contributed by atoms with Crippen LogP contribution in [0.5, 0.6) is 5.75 Å². The number of carbonyl (C=O) groups is 3. The number of hydrogen-bond donors (Lipinski definition) is 3. The maximum absolute atomic E-state index is 12.9. The second-order valence-corrected chi connectivity index (χ2v) is 9.31. The van der Waals surface area contributed by atoms with Crippen LogP contribution in [0.4, 0.5) is 31.5 Å². The summed E-state index contributed by atoms with van der Waals surface area (Å²) >= 11 is 0. The lowest BCUT2D eigenvalue weighted by atomic mass is 9.43. The van der Waals surface area contributed by atoms with Gasteiger partial charge in [-0.25, -0.2) is 18.4 Å². The van der Waals surface area contributed by atoms with Crippen molar-refractivity contribution in [3.63, 3.8) is 0 Å². The lowest BCUT2D eigenvalue weighted by Crippen LogP contribution is -2.84. The zero-order valence-corrected chi connectivity index (χ0v) is 18.3. The molecule has 1 aromatic carbocycles. The van der Waals surface area contributed by atoms with E-state index in [9.17, 15) is 36.3 Å².